The molecule has 1 unspecified atom stereocenters. The first-order valence-electron chi connectivity index (χ1n) is 8.66. The van der Waals surface area contributed by atoms with Gasteiger partial charge in [-0.25, -0.2) is 17.6 Å². The second-order valence-electron chi connectivity index (χ2n) is 6.55. The van der Waals surface area contributed by atoms with Crippen LogP contribution in [0.15, 0.2) is 24.3 Å². The molecule has 0 aliphatic carbocycles. The number of anilines is 1. The SMILES string of the molecule is CCN(C(=O)N1CCN(c2ccccc2F)CC1)C1CCS(=O)(=O)C1. The summed E-state index contributed by atoms with van der Waals surface area (Å²) < 4.78 is 37.3. The van der Waals surface area contributed by atoms with Gasteiger partial charge >= 0.3 is 6.03 Å². The van der Waals surface area contributed by atoms with Crippen molar-refractivity contribution in [2.45, 2.75) is 19.4 Å². The molecular weight excluding hydrogens is 345 g/mol. The van der Waals surface area contributed by atoms with Crippen LogP contribution in [0.1, 0.15) is 13.3 Å². The van der Waals surface area contributed by atoms with Crippen molar-refractivity contribution in [2.24, 2.45) is 0 Å². The van der Waals surface area contributed by atoms with Gasteiger partial charge in [-0.05, 0) is 25.5 Å². The lowest BCUT2D eigenvalue weighted by molar-refractivity contribution is 0.138. The third kappa shape index (κ3) is 3.89. The van der Waals surface area contributed by atoms with Gasteiger partial charge in [0.2, 0.25) is 0 Å². The topological polar surface area (TPSA) is 60.9 Å². The zero-order valence-corrected chi connectivity index (χ0v) is 15.2. The smallest absolute Gasteiger partial charge is 0.320 e. The zero-order valence-electron chi connectivity index (χ0n) is 14.4. The molecule has 0 N–H and O–H groups in total. The molecule has 0 radical (unpaired) electrons. The first-order chi connectivity index (χ1) is 11.9. The first-order valence-corrected chi connectivity index (χ1v) is 10.5. The Hall–Kier alpha value is -1.83. The molecule has 2 fully saturated rings. The molecular formula is C17H24FN3O3S. The molecule has 1 aromatic carbocycles. The molecule has 138 valence electrons. The van der Waals surface area contributed by atoms with Crippen LogP contribution in [-0.2, 0) is 9.84 Å². The number of nitrogens with zero attached hydrogens (tertiary/aromatic N) is 3. The number of sulfone groups is 1. The van der Waals surface area contributed by atoms with Gasteiger partial charge in [0.05, 0.1) is 17.2 Å². The zero-order chi connectivity index (χ0) is 18.0. The molecule has 6 nitrogen and oxygen atoms in total. The summed E-state index contributed by atoms with van der Waals surface area (Å²) in [5, 5.41) is 0. The highest BCUT2D eigenvalue weighted by Gasteiger charge is 2.36. The Balaban J connectivity index is 1.62. The predicted molar refractivity (Wildman–Crippen MR) is 95.0 cm³/mol. The molecule has 1 aromatic rings. The molecule has 2 aliphatic rings. The van der Waals surface area contributed by atoms with Crippen LogP contribution >= 0.6 is 0 Å². The first kappa shape index (κ1) is 18.0. The van der Waals surface area contributed by atoms with Gasteiger partial charge in [-0.3, -0.25) is 0 Å². The number of hydrogen-bond donors (Lipinski definition) is 0. The summed E-state index contributed by atoms with van der Waals surface area (Å²) in [7, 11) is -3.03. The average Bonchev–Trinajstić information content (AvgIpc) is 2.96. The van der Waals surface area contributed by atoms with Gasteiger partial charge in [-0.1, -0.05) is 12.1 Å². The number of piperazine rings is 1. The van der Waals surface area contributed by atoms with Gasteiger partial charge in [-0.15, -0.1) is 0 Å². The lowest BCUT2D eigenvalue weighted by Crippen LogP contribution is -2.55. The number of carbonyl (C=O) groups excluding carboxylic acids is 1. The molecule has 0 spiro atoms. The summed E-state index contributed by atoms with van der Waals surface area (Å²) >= 11 is 0. The van der Waals surface area contributed by atoms with E-state index in [0.29, 0.717) is 44.8 Å². The van der Waals surface area contributed by atoms with Gasteiger partial charge in [0.25, 0.3) is 0 Å². The van der Waals surface area contributed by atoms with Crippen LogP contribution in [0.3, 0.4) is 0 Å². The van der Waals surface area contributed by atoms with E-state index in [-0.39, 0.29) is 29.4 Å². The highest BCUT2D eigenvalue weighted by atomic mass is 32.2. The van der Waals surface area contributed by atoms with Crippen LogP contribution in [0, 0.1) is 5.82 Å². The largest absolute Gasteiger partial charge is 0.366 e. The van der Waals surface area contributed by atoms with Gasteiger partial charge in [0, 0.05) is 38.8 Å². The number of para-hydroxylation sites is 1. The van der Waals surface area contributed by atoms with Crippen LogP contribution in [0.5, 0.6) is 0 Å². The third-order valence-electron chi connectivity index (χ3n) is 4.98. The van der Waals surface area contributed by atoms with Crippen LogP contribution < -0.4 is 4.90 Å². The van der Waals surface area contributed by atoms with Crippen molar-refractivity contribution in [1.29, 1.82) is 0 Å². The van der Waals surface area contributed by atoms with E-state index in [4.69, 9.17) is 0 Å². The minimum Gasteiger partial charge on any atom is -0.366 e. The quantitative estimate of drug-likeness (QED) is 0.812. The Morgan fingerprint density at radius 3 is 2.48 bits per heavy atom. The fourth-order valence-corrected chi connectivity index (χ4v) is 5.33. The molecule has 0 bridgehead atoms. The Morgan fingerprint density at radius 2 is 1.92 bits per heavy atom. The lowest BCUT2D eigenvalue weighted by atomic mass is 10.2. The van der Waals surface area contributed by atoms with Gasteiger partial charge in [0.15, 0.2) is 9.84 Å². The summed E-state index contributed by atoms with van der Waals surface area (Å²) in [6.45, 7) is 4.50. The number of hydrogen-bond acceptors (Lipinski definition) is 4. The molecule has 2 aliphatic heterocycles. The number of benzene rings is 1. The Morgan fingerprint density at radius 1 is 1.24 bits per heavy atom. The molecule has 0 aromatic heterocycles. The highest BCUT2D eigenvalue weighted by molar-refractivity contribution is 7.91. The van der Waals surface area contributed by atoms with Gasteiger partial charge < -0.3 is 14.7 Å². The van der Waals surface area contributed by atoms with Crippen LogP contribution in [0.4, 0.5) is 14.9 Å². The average molecular weight is 369 g/mol. The number of amides is 2. The molecule has 0 saturated carbocycles. The summed E-state index contributed by atoms with van der Waals surface area (Å²) in [4.78, 5) is 18.2. The molecule has 2 saturated heterocycles. The van der Waals surface area contributed by atoms with Crippen molar-refractivity contribution in [2.75, 3.05) is 49.1 Å². The normalized spacial score (nSPS) is 22.9. The van der Waals surface area contributed by atoms with E-state index in [9.17, 15) is 17.6 Å². The highest BCUT2D eigenvalue weighted by Crippen LogP contribution is 2.22. The summed E-state index contributed by atoms with van der Waals surface area (Å²) in [6, 6.07) is 6.30. The summed E-state index contributed by atoms with van der Waals surface area (Å²) in [5.41, 5.74) is 0.559. The maximum atomic E-state index is 13.9. The Kier molecular flexibility index (Phi) is 5.17. The standard InChI is InChI=1S/C17H24FN3O3S/c1-2-21(14-7-12-25(23,24)13-14)17(22)20-10-8-19(9-11-20)16-6-4-3-5-15(16)18/h3-6,14H,2,7-13H2,1H3. The van der Waals surface area contributed by atoms with E-state index in [0.717, 1.165) is 0 Å². The molecule has 2 amide bonds. The van der Waals surface area contributed by atoms with Crippen molar-refractivity contribution >= 4 is 21.6 Å². The van der Waals surface area contributed by atoms with Crippen LogP contribution in [0.2, 0.25) is 0 Å². The number of rotatable bonds is 3. The number of carbonyl (C=O) groups is 1. The molecule has 2 heterocycles. The second kappa shape index (κ2) is 7.19. The number of halogens is 1. The summed E-state index contributed by atoms with van der Waals surface area (Å²) in [5.74, 6) is -0.0433. The minimum absolute atomic E-state index is 0.0573. The van der Waals surface area contributed by atoms with E-state index < -0.39 is 9.84 Å². The second-order valence-corrected chi connectivity index (χ2v) is 8.78. The molecule has 3 rings (SSSR count). The van der Waals surface area contributed by atoms with E-state index in [2.05, 4.69) is 0 Å². The Bertz CT molecular complexity index is 732. The van der Waals surface area contributed by atoms with Crippen molar-refractivity contribution in [3.8, 4) is 0 Å². The molecule has 25 heavy (non-hydrogen) atoms. The van der Waals surface area contributed by atoms with E-state index in [1.807, 2.05) is 11.8 Å². The predicted octanol–water partition coefficient (Wildman–Crippen LogP) is 1.58. The summed E-state index contributed by atoms with van der Waals surface area (Å²) in [6.07, 6.45) is 0.511. The maximum Gasteiger partial charge on any atom is 0.320 e. The van der Waals surface area contributed by atoms with E-state index >= 15 is 0 Å². The monoisotopic (exact) mass is 369 g/mol. The molecule has 1 atom stereocenters. The number of urea groups is 1. The minimum atomic E-state index is -3.03. The fourth-order valence-electron chi connectivity index (χ4n) is 3.60. The van der Waals surface area contributed by atoms with Crippen LogP contribution in [0.25, 0.3) is 0 Å². The molecule has 8 heteroatoms. The van der Waals surface area contributed by atoms with Crippen LogP contribution in [-0.4, -0.2) is 74.5 Å². The fraction of sp³-hybridized carbons (Fsp3) is 0.588. The van der Waals surface area contributed by atoms with Gasteiger partial charge in [0.1, 0.15) is 5.82 Å². The third-order valence-corrected chi connectivity index (χ3v) is 6.73. The van der Waals surface area contributed by atoms with Gasteiger partial charge in [-0.2, -0.15) is 0 Å². The van der Waals surface area contributed by atoms with Crippen molar-refractivity contribution in [3.05, 3.63) is 30.1 Å². The van der Waals surface area contributed by atoms with Crippen molar-refractivity contribution in [3.63, 3.8) is 0 Å². The van der Waals surface area contributed by atoms with E-state index in [1.54, 1.807) is 28.0 Å². The maximum absolute atomic E-state index is 13.9. The Labute approximate surface area is 148 Å². The van der Waals surface area contributed by atoms with Crippen molar-refractivity contribution in [1.82, 2.24) is 9.80 Å². The van der Waals surface area contributed by atoms with E-state index in [1.165, 1.54) is 6.07 Å². The van der Waals surface area contributed by atoms with Crippen molar-refractivity contribution < 1.29 is 17.6 Å². The lowest BCUT2D eigenvalue weighted by Gasteiger charge is -2.39.